The van der Waals surface area contributed by atoms with Gasteiger partial charge in [-0.15, -0.1) is 11.3 Å². The Morgan fingerprint density at radius 3 is 2.68 bits per heavy atom. The molecule has 0 radical (unpaired) electrons. The molecular formula is C27H30N2O4S. The standard InChI is InChI=1S/C27H30N2O4S/c1-3-5-6-10-15-32-25(30)17-29-22-16-20(13-14-24(22)33-23(4-2)27(29)31)21-18-34-26(28-21)19-11-8-7-9-12-19/h7-9,11-14,16,18,23H,3-6,10,15,17H2,1-2H3. The highest BCUT2D eigenvalue weighted by Crippen LogP contribution is 2.39. The minimum Gasteiger partial charge on any atom is -0.478 e. The smallest absolute Gasteiger partial charge is 0.326 e. The summed E-state index contributed by atoms with van der Waals surface area (Å²) >= 11 is 1.57. The number of ether oxygens (including phenoxy) is 2. The van der Waals surface area contributed by atoms with Crippen LogP contribution in [0.4, 0.5) is 5.69 Å². The zero-order valence-corrected chi connectivity index (χ0v) is 20.5. The third-order valence-corrected chi connectivity index (χ3v) is 6.69. The summed E-state index contributed by atoms with van der Waals surface area (Å²) in [7, 11) is 0. The third kappa shape index (κ3) is 5.47. The fraction of sp³-hybridized carbons (Fsp3) is 0.370. The molecule has 4 rings (SSSR count). The molecule has 1 atom stereocenters. The molecule has 0 saturated heterocycles. The van der Waals surface area contributed by atoms with Crippen molar-refractivity contribution in [3.63, 3.8) is 0 Å². The van der Waals surface area contributed by atoms with Gasteiger partial charge in [-0.1, -0.05) is 63.4 Å². The van der Waals surface area contributed by atoms with Gasteiger partial charge < -0.3 is 9.47 Å². The zero-order chi connectivity index (χ0) is 23.9. The molecule has 2 heterocycles. The second-order valence-corrected chi connectivity index (χ2v) is 9.16. The lowest BCUT2D eigenvalue weighted by Crippen LogP contribution is -2.48. The minimum atomic E-state index is -0.611. The normalized spacial score (nSPS) is 15.1. The molecule has 3 aromatic rings. The second kappa shape index (κ2) is 11.3. The van der Waals surface area contributed by atoms with Crippen molar-refractivity contribution in [2.45, 2.75) is 52.1 Å². The maximum Gasteiger partial charge on any atom is 0.326 e. The Kier molecular flexibility index (Phi) is 7.95. The molecule has 178 valence electrons. The van der Waals surface area contributed by atoms with Crippen LogP contribution < -0.4 is 9.64 Å². The maximum atomic E-state index is 13.1. The van der Waals surface area contributed by atoms with Crippen molar-refractivity contribution in [1.82, 2.24) is 4.98 Å². The van der Waals surface area contributed by atoms with E-state index in [0.29, 0.717) is 24.5 Å². The fourth-order valence-electron chi connectivity index (χ4n) is 3.91. The number of rotatable bonds is 10. The number of benzene rings is 2. The van der Waals surface area contributed by atoms with E-state index in [1.54, 1.807) is 11.3 Å². The molecule has 0 N–H and O–H groups in total. The molecule has 1 amide bonds. The summed E-state index contributed by atoms with van der Waals surface area (Å²) in [6.07, 6.45) is 4.02. The molecule has 1 aromatic heterocycles. The van der Waals surface area contributed by atoms with Gasteiger partial charge in [0.05, 0.1) is 18.0 Å². The van der Waals surface area contributed by atoms with Crippen molar-refractivity contribution in [3.8, 4) is 27.6 Å². The van der Waals surface area contributed by atoms with E-state index in [-0.39, 0.29) is 12.5 Å². The zero-order valence-electron chi connectivity index (χ0n) is 19.7. The molecular weight excluding hydrogens is 448 g/mol. The molecule has 6 nitrogen and oxygen atoms in total. The summed E-state index contributed by atoms with van der Waals surface area (Å²) in [5.74, 6) is -0.0410. The maximum absolute atomic E-state index is 13.1. The molecule has 0 fully saturated rings. The van der Waals surface area contributed by atoms with Crippen LogP contribution in [-0.2, 0) is 14.3 Å². The fourth-order valence-corrected chi connectivity index (χ4v) is 4.75. The van der Waals surface area contributed by atoms with E-state index in [2.05, 4.69) is 6.92 Å². The van der Waals surface area contributed by atoms with Crippen molar-refractivity contribution >= 4 is 28.9 Å². The highest BCUT2D eigenvalue weighted by molar-refractivity contribution is 7.13. The number of aromatic nitrogens is 1. The molecule has 2 aromatic carbocycles. The molecule has 1 unspecified atom stereocenters. The van der Waals surface area contributed by atoms with Gasteiger partial charge in [-0.25, -0.2) is 4.98 Å². The predicted molar refractivity (Wildman–Crippen MR) is 135 cm³/mol. The largest absolute Gasteiger partial charge is 0.478 e. The summed E-state index contributed by atoms with van der Waals surface area (Å²) in [5.41, 5.74) is 3.31. The number of unbranched alkanes of at least 4 members (excludes halogenated alkanes) is 3. The minimum absolute atomic E-state index is 0.130. The van der Waals surface area contributed by atoms with Gasteiger partial charge >= 0.3 is 5.97 Å². The number of hydrogen-bond donors (Lipinski definition) is 0. The average Bonchev–Trinajstić information content (AvgIpc) is 3.36. The summed E-state index contributed by atoms with van der Waals surface area (Å²) in [5, 5.41) is 2.93. The van der Waals surface area contributed by atoms with E-state index in [1.165, 1.54) is 4.90 Å². The van der Waals surface area contributed by atoms with Crippen LogP contribution >= 0.6 is 11.3 Å². The number of carbonyl (C=O) groups is 2. The Balaban J connectivity index is 1.55. The third-order valence-electron chi connectivity index (χ3n) is 5.80. The molecule has 1 aliphatic rings. The average molecular weight is 479 g/mol. The first-order valence-electron chi connectivity index (χ1n) is 11.9. The van der Waals surface area contributed by atoms with Gasteiger partial charge in [0.15, 0.2) is 6.10 Å². The molecule has 0 spiro atoms. The van der Waals surface area contributed by atoms with Crippen LogP contribution in [0, 0.1) is 0 Å². The molecule has 0 aliphatic carbocycles. The summed E-state index contributed by atoms with van der Waals surface area (Å²) in [6.45, 7) is 4.28. The van der Waals surface area contributed by atoms with Gasteiger partial charge in [0.25, 0.3) is 5.91 Å². The van der Waals surface area contributed by atoms with Crippen LogP contribution in [0.5, 0.6) is 5.75 Å². The van der Waals surface area contributed by atoms with Gasteiger partial charge in [-0.3, -0.25) is 14.5 Å². The second-order valence-electron chi connectivity index (χ2n) is 8.31. The number of hydrogen-bond acceptors (Lipinski definition) is 6. The van der Waals surface area contributed by atoms with Crippen LogP contribution in [0.15, 0.2) is 53.9 Å². The Labute approximate surface area is 204 Å². The number of amides is 1. The van der Waals surface area contributed by atoms with Crippen LogP contribution in [0.3, 0.4) is 0 Å². The number of fused-ring (bicyclic) bond motifs is 1. The monoisotopic (exact) mass is 478 g/mol. The lowest BCUT2D eigenvalue weighted by atomic mass is 10.1. The van der Waals surface area contributed by atoms with Crippen LogP contribution in [0.1, 0.15) is 46.0 Å². The Bertz CT molecular complexity index is 1130. The Morgan fingerprint density at radius 2 is 1.91 bits per heavy atom. The first-order chi connectivity index (χ1) is 16.6. The number of esters is 1. The van der Waals surface area contributed by atoms with E-state index < -0.39 is 12.1 Å². The summed E-state index contributed by atoms with van der Waals surface area (Å²) in [6, 6.07) is 15.7. The van der Waals surface area contributed by atoms with Gasteiger partial charge in [-0.05, 0) is 31.0 Å². The van der Waals surface area contributed by atoms with Crippen molar-refractivity contribution < 1.29 is 19.1 Å². The summed E-state index contributed by atoms with van der Waals surface area (Å²) in [4.78, 5) is 31.9. The summed E-state index contributed by atoms with van der Waals surface area (Å²) < 4.78 is 11.3. The van der Waals surface area contributed by atoms with E-state index in [4.69, 9.17) is 14.5 Å². The molecule has 0 bridgehead atoms. The highest BCUT2D eigenvalue weighted by Gasteiger charge is 2.35. The van der Waals surface area contributed by atoms with Crippen molar-refractivity contribution in [2.75, 3.05) is 18.1 Å². The van der Waals surface area contributed by atoms with E-state index in [1.807, 2.05) is 60.8 Å². The number of anilines is 1. The number of nitrogens with zero attached hydrogens (tertiary/aromatic N) is 2. The lowest BCUT2D eigenvalue weighted by molar-refractivity contribution is -0.143. The Hall–Kier alpha value is -3.19. The SMILES string of the molecule is CCCCCCOC(=O)CN1C(=O)C(CC)Oc2ccc(-c3csc(-c4ccccc4)n3)cc21. The van der Waals surface area contributed by atoms with E-state index in [0.717, 1.165) is 47.5 Å². The van der Waals surface area contributed by atoms with Gasteiger partial charge in [0, 0.05) is 16.5 Å². The van der Waals surface area contributed by atoms with Crippen LogP contribution in [-0.4, -0.2) is 36.1 Å². The Morgan fingerprint density at radius 1 is 1.09 bits per heavy atom. The van der Waals surface area contributed by atoms with Crippen molar-refractivity contribution in [2.24, 2.45) is 0 Å². The first kappa shape index (κ1) is 24.0. The topological polar surface area (TPSA) is 68.7 Å². The van der Waals surface area contributed by atoms with Crippen molar-refractivity contribution in [1.29, 1.82) is 0 Å². The van der Waals surface area contributed by atoms with E-state index >= 15 is 0 Å². The predicted octanol–water partition coefficient (Wildman–Crippen LogP) is 6.10. The van der Waals surface area contributed by atoms with Gasteiger partial charge in [-0.2, -0.15) is 0 Å². The van der Waals surface area contributed by atoms with Crippen molar-refractivity contribution in [3.05, 3.63) is 53.9 Å². The highest BCUT2D eigenvalue weighted by atomic mass is 32.1. The molecule has 7 heteroatoms. The van der Waals surface area contributed by atoms with Crippen LogP contribution in [0.2, 0.25) is 0 Å². The molecule has 34 heavy (non-hydrogen) atoms. The van der Waals surface area contributed by atoms with Gasteiger partial charge in [0.1, 0.15) is 17.3 Å². The quantitative estimate of drug-likeness (QED) is 0.260. The van der Waals surface area contributed by atoms with E-state index in [9.17, 15) is 9.59 Å². The molecule has 1 aliphatic heterocycles. The number of thiazole rings is 1. The number of carbonyl (C=O) groups excluding carboxylic acids is 2. The first-order valence-corrected chi connectivity index (χ1v) is 12.8. The molecule has 0 saturated carbocycles. The van der Waals surface area contributed by atoms with Gasteiger partial charge in [0.2, 0.25) is 0 Å². The lowest BCUT2D eigenvalue weighted by Gasteiger charge is -2.33. The van der Waals surface area contributed by atoms with Crippen LogP contribution in [0.25, 0.3) is 21.8 Å².